The van der Waals surface area contributed by atoms with Gasteiger partial charge in [0.2, 0.25) is 0 Å². The zero-order valence-electron chi connectivity index (χ0n) is 3.03. The second-order valence-corrected chi connectivity index (χ2v) is 1.88. The van der Waals surface area contributed by atoms with Crippen LogP contribution in [0.15, 0.2) is 6.20 Å². The number of nitrogens with one attached hydrogen (secondary N) is 2. The van der Waals surface area contributed by atoms with Gasteiger partial charge in [-0.2, -0.15) is 0 Å². The third kappa shape index (κ3) is 0.725. The van der Waals surface area contributed by atoms with Gasteiger partial charge in [0.25, 0.3) is 0 Å². The molecule has 1 aliphatic heterocycles. The van der Waals surface area contributed by atoms with E-state index in [-0.39, 0.29) is 4.95 Å². The minimum Gasteiger partial charge on any atom is -0.327 e. The molecular formula is C3H4BrN2. The molecule has 0 saturated carbocycles. The number of alkyl halides is 1. The fourth-order valence-corrected chi connectivity index (χ4v) is 0.536. The first-order chi connectivity index (χ1) is 2.89. The molecule has 0 aromatic heterocycles. The van der Waals surface area contributed by atoms with Crippen molar-refractivity contribution in [3.8, 4) is 0 Å². The van der Waals surface area contributed by atoms with Crippen molar-refractivity contribution in [1.82, 2.24) is 10.9 Å². The number of halogens is 1. The van der Waals surface area contributed by atoms with E-state index in [0.717, 1.165) is 0 Å². The van der Waals surface area contributed by atoms with Crippen LogP contribution in [0.2, 0.25) is 0 Å². The maximum atomic E-state index is 3.22. The molecule has 0 aromatic carbocycles. The van der Waals surface area contributed by atoms with Gasteiger partial charge in [-0.05, 0) is 0 Å². The van der Waals surface area contributed by atoms with Crippen LogP contribution in [0, 0.1) is 6.08 Å². The van der Waals surface area contributed by atoms with Crippen LogP contribution in [0.4, 0.5) is 0 Å². The van der Waals surface area contributed by atoms with E-state index in [9.17, 15) is 0 Å². The van der Waals surface area contributed by atoms with Crippen molar-refractivity contribution in [2.75, 3.05) is 0 Å². The van der Waals surface area contributed by atoms with E-state index in [2.05, 4.69) is 32.9 Å². The monoisotopic (exact) mass is 147 g/mol. The molecule has 0 aliphatic carbocycles. The third-order valence-electron chi connectivity index (χ3n) is 0.512. The van der Waals surface area contributed by atoms with E-state index in [0.29, 0.717) is 0 Å². The minimum atomic E-state index is 0.192. The Morgan fingerprint density at radius 1 is 1.83 bits per heavy atom. The van der Waals surface area contributed by atoms with Gasteiger partial charge in [-0.1, -0.05) is 15.9 Å². The molecule has 2 nitrogen and oxygen atoms in total. The number of hydrazine groups is 1. The normalized spacial score (nSPS) is 30.5. The molecular weight excluding hydrogens is 144 g/mol. The molecule has 1 atom stereocenters. The lowest BCUT2D eigenvalue weighted by Crippen LogP contribution is -2.25. The maximum Gasteiger partial charge on any atom is 0.108 e. The number of rotatable bonds is 0. The van der Waals surface area contributed by atoms with Gasteiger partial charge in [-0.15, -0.1) is 0 Å². The molecule has 33 valence electrons. The van der Waals surface area contributed by atoms with Crippen molar-refractivity contribution in [2.45, 2.75) is 4.95 Å². The minimum absolute atomic E-state index is 0.192. The molecule has 1 radical (unpaired) electrons. The van der Waals surface area contributed by atoms with Crippen molar-refractivity contribution in [3.05, 3.63) is 12.3 Å². The Labute approximate surface area is 44.7 Å². The fraction of sp³-hybridized carbons (Fsp3) is 0.333. The SMILES string of the molecule is BrC1[C]=CNN1. The Morgan fingerprint density at radius 2 is 2.67 bits per heavy atom. The molecule has 1 rings (SSSR count). The Kier molecular flexibility index (Phi) is 1.12. The zero-order valence-corrected chi connectivity index (χ0v) is 4.62. The predicted molar refractivity (Wildman–Crippen MR) is 26.8 cm³/mol. The summed E-state index contributed by atoms with van der Waals surface area (Å²) in [5.41, 5.74) is 5.56. The lowest BCUT2D eigenvalue weighted by atomic mass is 10.7. The van der Waals surface area contributed by atoms with Crippen LogP contribution in [-0.2, 0) is 0 Å². The summed E-state index contributed by atoms with van der Waals surface area (Å²) in [7, 11) is 0. The molecule has 1 heterocycles. The van der Waals surface area contributed by atoms with Crippen LogP contribution in [0.5, 0.6) is 0 Å². The van der Waals surface area contributed by atoms with Gasteiger partial charge in [0.15, 0.2) is 0 Å². The van der Waals surface area contributed by atoms with Crippen molar-refractivity contribution in [3.63, 3.8) is 0 Å². The predicted octanol–water partition coefficient (Wildman–Crippen LogP) is 0.132. The van der Waals surface area contributed by atoms with Crippen LogP contribution in [0.25, 0.3) is 0 Å². The van der Waals surface area contributed by atoms with Crippen LogP contribution >= 0.6 is 15.9 Å². The summed E-state index contributed by atoms with van der Waals surface area (Å²) >= 11 is 3.22. The van der Waals surface area contributed by atoms with E-state index in [1.165, 1.54) is 0 Å². The fourth-order valence-electron chi connectivity index (χ4n) is 0.271. The molecule has 2 N–H and O–H groups in total. The van der Waals surface area contributed by atoms with Crippen LogP contribution < -0.4 is 10.9 Å². The molecule has 0 bridgehead atoms. The van der Waals surface area contributed by atoms with Crippen molar-refractivity contribution in [2.24, 2.45) is 0 Å². The van der Waals surface area contributed by atoms with Gasteiger partial charge in [0.05, 0.1) is 0 Å². The Morgan fingerprint density at radius 3 is 2.83 bits per heavy atom. The van der Waals surface area contributed by atoms with E-state index >= 15 is 0 Å². The highest BCUT2D eigenvalue weighted by molar-refractivity contribution is 9.09. The lowest BCUT2D eigenvalue weighted by Gasteiger charge is -1.93. The molecule has 0 saturated heterocycles. The summed E-state index contributed by atoms with van der Waals surface area (Å²) in [5.74, 6) is 0. The van der Waals surface area contributed by atoms with Gasteiger partial charge >= 0.3 is 0 Å². The largest absolute Gasteiger partial charge is 0.327 e. The highest BCUT2D eigenvalue weighted by Crippen LogP contribution is 1.95. The molecule has 0 aromatic rings. The summed E-state index contributed by atoms with van der Waals surface area (Å²) in [6.45, 7) is 0. The highest BCUT2D eigenvalue weighted by Gasteiger charge is 1.98. The molecule has 1 aliphatic rings. The average Bonchev–Trinajstić information content (AvgIpc) is 1.86. The first-order valence-corrected chi connectivity index (χ1v) is 2.54. The molecule has 0 fully saturated rings. The average molecular weight is 148 g/mol. The van der Waals surface area contributed by atoms with E-state index in [1.807, 2.05) is 0 Å². The van der Waals surface area contributed by atoms with Gasteiger partial charge in [-0.25, -0.2) is 5.43 Å². The smallest absolute Gasteiger partial charge is 0.108 e. The first-order valence-electron chi connectivity index (χ1n) is 1.62. The van der Waals surface area contributed by atoms with Gasteiger partial charge in [0.1, 0.15) is 4.95 Å². The van der Waals surface area contributed by atoms with Gasteiger partial charge in [-0.3, -0.25) is 0 Å². The zero-order chi connectivity index (χ0) is 4.41. The van der Waals surface area contributed by atoms with Gasteiger partial charge in [0, 0.05) is 12.3 Å². The summed E-state index contributed by atoms with van der Waals surface area (Å²) in [5, 5.41) is 0. The topological polar surface area (TPSA) is 24.1 Å². The summed E-state index contributed by atoms with van der Waals surface area (Å²) in [6, 6.07) is 0. The Bertz CT molecular complexity index is 71.2. The number of hydrogen-bond donors (Lipinski definition) is 2. The second-order valence-electron chi connectivity index (χ2n) is 0.962. The molecule has 1 unspecified atom stereocenters. The second kappa shape index (κ2) is 1.62. The first kappa shape index (κ1) is 4.15. The van der Waals surface area contributed by atoms with Crippen molar-refractivity contribution in [1.29, 1.82) is 0 Å². The van der Waals surface area contributed by atoms with Gasteiger partial charge < -0.3 is 5.43 Å². The van der Waals surface area contributed by atoms with Crippen LogP contribution in [-0.4, -0.2) is 4.95 Å². The van der Waals surface area contributed by atoms with Crippen LogP contribution in [0.3, 0.4) is 0 Å². The van der Waals surface area contributed by atoms with Crippen molar-refractivity contribution < 1.29 is 0 Å². The van der Waals surface area contributed by atoms with E-state index in [4.69, 9.17) is 0 Å². The molecule has 3 heteroatoms. The van der Waals surface area contributed by atoms with E-state index < -0.39 is 0 Å². The third-order valence-corrected chi connectivity index (χ3v) is 1.01. The van der Waals surface area contributed by atoms with Crippen LogP contribution in [0.1, 0.15) is 0 Å². The van der Waals surface area contributed by atoms with Crippen molar-refractivity contribution >= 4 is 15.9 Å². The van der Waals surface area contributed by atoms with E-state index in [1.54, 1.807) is 6.20 Å². The number of hydrogen-bond acceptors (Lipinski definition) is 2. The summed E-state index contributed by atoms with van der Waals surface area (Å²) in [6.07, 6.45) is 4.61. The lowest BCUT2D eigenvalue weighted by molar-refractivity contribution is 0.703. The maximum absolute atomic E-state index is 3.22. The Hall–Kier alpha value is -0.0200. The molecule has 6 heavy (non-hydrogen) atoms. The molecule has 0 amide bonds. The highest BCUT2D eigenvalue weighted by atomic mass is 79.9. The molecule has 0 spiro atoms. The Balaban J connectivity index is 2.38. The summed E-state index contributed by atoms with van der Waals surface area (Å²) < 4.78 is 0. The summed E-state index contributed by atoms with van der Waals surface area (Å²) in [4.78, 5) is 0.192. The standard InChI is InChI=1S/C3H4BrN2/c4-3-1-2-5-6-3/h2-3,5-6H. The quantitative estimate of drug-likeness (QED) is 0.377.